The van der Waals surface area contributed by atoms with Gasteiger partial charge in [-0.25, -0.2) is 0 Å². The first-order valence-corrected chi connectivity index (χ1v) is 8.61. The highest BCUT2D eigenvalue weighted by molar-refractivity contribution is 9.11. The summed E-state index contributed by atoms with van der Waals surface area (Å²) in [4.78, 5) is 4.86. The van der Waals surface area contributed by atoms with Crippen LogP contribution in [0.5, 0.6) is 0 Å². The molecular formula is C13H16Br2N2S. The summed E-state index contributed by atoms with van der Waals surface area (Å²) in [6, 6.07) is 6.06. The van der Waals surface area contributed by atoms with Gasteiger partial charge in [-0.2, -0.15) is 0 Å². The summed E-state index contributed by atoms with van der Waals surface area (Å²) in [6.45, 7) is 4.43. The molecule has 0 amide bonds. The predicted octanol–water partition coefficient (Wildman–Crippen LogP) is 5.29. The Labute approximate surface area is 129 Å². The van der Waals surface area contributed by atoms with Gasteiger partial charge in [-0.15, -0.1) is 0 Å². The lowest BCUT2D eigenvalue weighted by Crippen LogP contribution is -2.24. The highest BCUT2D eigenvalue weighted by Crippen LogP contribution is 2.36. The Balaban J connectivity index is 2.21. The van der Waals surface area contributed by atoms with Crippen LogP contribution in [-0.2, 0) is 0 Å². The van der Waals surface area contributed by atoms with Crippen LogP contribution in [0.2, 0.25) is 0 Å². The Kier molecular flexibility index (Phi) is 4.78. The Morgan fingerprint density at radius 3 is 2.39 bits per heavy atom. The molecule has 1 aliphatic rings. The standard InChI is InChI=1S/C13H16Br2N2S/c1-3-13(4-2)8-18-12(17-13)16-11-9(14)6-5-7-10(11)15/h5-7H,3-4,8H2,1-2H3,(H,16,17). The summed E-state index contributed by atoms with van der Waals surface area (Å²) in [7, 11) is 0. The van der Waals surface area contributed by atoms with Crippen molar-refractivity contribution < 1.29 is 0 Å². The number of para-hydroxylation sites is 1. The van der Waals surface area contributed by atoms with E-state index in [2.05, 4.69) is 51.0 Å². The first-order chi connectivity index (χ1) is 8.60. The van der Waals surface area contributed by atoms with Crippen LogP contribution in [0.1, 0.15) is 26.7 Å². The van der Waals surface area contributed by atoms with Crippen LogP contribution >= 0.6 is 43.6 Å². The lowest BCUT2D eigenvalue weighted by molar-refractivity contribution is 0.456. The fourth-order valence-electron chi connectivity index (χ4n) is 1.88. The molecule has 1 aliphatic heterocycles. The lowest BCUT2D eigenvalue weighted by atomic mass is 9.97. The fraction of sp³-hybridized carbons (Fsp3) is 0.462. The number of nitrogens with zero attached hydrogens (tertiary/aromatic N) is 1. The molecule has 1 heterocycles. The van der Waals surface area contributed by atoms with Crippen LogP contribution in [0, 0.1) is 0 Å². The van der Waals surface area contributed by atoms with Gasteiger partial charge in [-0.1, -0.05) is 31.7 Å². The maximum absolute atomic E-state index is 4.86. The molecule has 1 aromatic carbocycles. The van der Waals surface area contributed by atoms with E-state index < -0.39 is 0 Å². The minimum Gasteiger partial charge on any atom is -0.333 e. The minimum absolute atomic E-state index is 0.126. The zero-order chi connectivity index (χ0) is 13.2. The van der Waals surface area contributed by atoms with E-state index in [0.29, 0.717) is 0 Å². The van der Waals surface area contributed by atoms with E-state index in [4.69, 9.17) is 4.99 Å². The van der Waals surface area contributed by atoms with Crippen molar-refractivity contribution in [2.45, 2.75) is 32.2 Å². The fourth-order valence-corrected chi connectivity index (χ4v) is 4.39. The number of benzene rings is 1. The molecular weight excluding hydrogens is 376 g/mol. The van der Waals surface area contributed by atoms with Crippen molar-refractivity contribution in [1.29, 1.82) is 0 Å². The zero-order valence-electron chi connectivity index (χ0n) is 10.5. The summed E-state index contributed by atoms with van der Waals surface area (Å²) >= 11 is 8.93. The van der Waals surface area contributed by atoms with Crippen LogP contribution in [-0.4, -0.2) is 16.5 Å². The number of anilines is 1. The van der Waals surface area contributed by atoms with Gasteiger partial charge in [0.05, 0.1) is 11.2 Å². The zero-order valence-corrected chi connectivity index (χ0v) is 14.5. The molecule has 0 radical (unpaired) electrons. The van der Waals surface area contributed by atoms with Crippen LogP contribution < -0.4 is 5.32 Å². The molecule has 2 nitrogen and oxygen atoms in total. The van der Waals surface area contributed by atoms with E-state index in [0.717, 1.165) is 38.4 Å². The average Bonchev–Trinajstić information content (AvgIpc) is 2.78. The summed E-state index contributed by atoms with van der Waals surface area (Å²) in [5.74, 6) is 1.07. The van der Waals surface area contributed by atoms with E-state index in [-0.39, 0.29) is 5.54 Å². The second-order valence-electron chi connectivity index (χ2n) is 4.36. The van der Waals surface area contributed by atoms with Gasteiger partial charge in [-0.05, 0) is 56.8 Å². The molecule has 0 atom stereocenters. The van der Waals surface area contributed by atoms with Gasteiger partial charge in [0.25, 0.3) is 0 Å². The first-order valence-electron chi connectivity index (χ1n) is 6.04. The van der Waals surface area contributed by atoms with Gasteiger partial charge in [-0.3, -0.25) is 4.99 Å². The van der Waals surface area contributed by atoms with E-state index >= 15 is 0 Å². The largest absolute Gasteiger partial charge is 0.333 e. The number of amidine groups is 1. The summed E-state index contributed by atoms with van der Waals surface area (Å²) in [5.41, 5.74) is 1.17. The van der Waals surface area contributed by atoms with Crippen molar-refractivity contribution in [2.75, 3.05) is 11.1 Å². The predicted molar refractivity (Wildman–Crippen MR) is 88.7 cm³/mol. The molecule has 0 spiro atoms. The molecule has 1 N–H and O–H groups in total. The highest BCUT2D eigenvalue weighted by atomic mass is 79.9. The van der Waals surface area contributed by atoms with Crippen LogP contribution in [0.3, 0.4) is 0 Å². The maximum atomic E-state index is 4.86. The number of hydrogen-bond donors (Lipinski definition) is 1. The quantitative estimate of drug-likeness (QED) is 0.757. The van der Waals surface area contributed by atoms with Gasteiger partial charge in [0.15, 0.2) is 5.17 Å². The molecule has 98 valence electrons. The molecule has 0 saturated carbocycles. The van der Waals surface area contributed by atoms with Crippen molar-refractivity contribution in [3.8, 4) is 0 Å². The molecule has 1 aromatic rings. The van der Waals surface area contributed by atoms with Gasteiger partial charge in [0, 0.05) is 14.7 Å². The first kappa shape index (κ1) is 14.4. The van der Waals surface area contributed by atoms with Crippen LogP contribution in [0.15, 0.2) is 32.1 Å². The van der Waals surface area contributed by atoms with Crippen molar-refractivity contribution in [1.82, 2.24) is 0 Å². The molecule has 0 aromatic heterocycles. The Bertz CT molecular complexity index is 450. The molecule has 2 rings (SSSR count). The van der Waals surface area contributed by atoms with E-state index in [1.54, 1.807) is 0 Å². The summed E-state index contributed by atoms with van der Waals surface area (Å²) in [6.07, 6.45) is 2.19. The van der Waals surface area contributed by atoms with Gasteiger partial charge >= 0.3 is 0 Å². The van der Waals surface area contributed by atoms with Crippen LogP contribution in [0.25, 0.3) is 0 Å². The SMILES string of the molecule is CCC1(CC)CSC(Nc2c(Br)cccc2Br)=N1. The molecule has 0 fully saturated rings. The number of aliphatic imine (C=N–C) groups is 1. The third kappa shape index (κ3) is 2.94. The van der Waals surface area contributed by atoms with Crippen molar-refractivity contribution in [3.63, 3.8) is 0 Å². The monoisotopic (exact) mass is 390 g/mol. The second-order valence-corrected chi connectivity index (χ2v) is 7.03. The number of rotatable bonds is 3. The van der Waals surface area contributed by atoms with E-state index in [1.807, 2.05) is 30.0 Å². The summed E-state index contributed by atoms with van der Waals surface area (Å²) < 4.78 is 2.09. The molecule has 0 saturated heterocycles. The second kappa shape index (κ2) is 5.97. The smallest absolute Gasteiger partial charge is 0.161 e. The van der Waals surface area contributed by atoms with Crippen molar-refractivity contribution in [3.05, 3.63) is 27.1 Å². The topological polar surface area (TPSA) is 24.4 Å². The minimum atomic E-state index is 0.126. The van der Waals surface area contributed by atoms with Gasteiger partial charge in [0.1, 0.15) is 0 Å². The van der Waals surface area contributed by atoms with Gasteiger partial charge in [0.2, 0.25) is 0 Å². The Morgan fingerprint density at radius 2 is 1.89 bits per heavy atom. The maximum Gasteiger partial charge on any atom is 0.161 e. The number of hydrogen-bond acceptors (Lipinski definition) is 3. The van der Waals surface area contributed by atoms with Crippen molar-refractivity contribution >= 4 is 54.5 Å². The van der Waals surface area contributed by atoms with E-state index in [9.17, 15) is 0 Å². The molecule has 5 heteroatoms. The number of thioether (sulfide) groups is 1. The Morgan fingerprint density at radius 1 is 1.28 bits per heavy atom. The number of halogens is 2. The third-order valence-corrected chi connectivity index (χ3v) is 5.80. The Hall–Kier alpha value is -0.000000000000000111. The van der Waals surface area contributed by atoms with Crippen LogP contribution in [0.4, 0.5) is 5.69 Å². The lowest BCUT2D eigenvalue weighted by Gasteiger charge is -2.20. The normalized spacial score (nSPS) is 17.7. The highest BCUT2D eigenvalue weighted by Gasteiger charge is 2.32. The van der Waals surface area contributed by atoms with E-state index in [1.165, 1.54) is 0 Å². The molecule has 0 aliphatic carbocycles. The van der Waals surface area contributed by atoms with Gasteiger partial charge < -0.3 is 5.32 Å². The molecule has 0 bridgehead atoms. The molecule has 0 unspecified atom stereocenters. The number of nitrogens with one attached hydrogen (secondary N) is 1. The summed E-state index contributed by atoms with van der Waals surface area (Å²) in [5, 5.41) is 4.44. The molecule has 18 heavy (non-hydrogen) atoms. The average molecular weight is 392 g/mol. The third-order valence-electron chi connectivity index (χ3n) is 3.33. The van der Waals surface area contributed by atoms with Crippen molar-refractivity contribution in [2.24, 2.45) is 4.99 Å².